The maximum Gasteiger partial charge on any atom is 0.390 e. The Morgan fingerprint density at radius 2 is 1.90 bits per heavy atom. The molecule has 6 heteroatoms. The van der Waals surface area contributed by atoms with Gasteiger partial charge in [0.25, 0.3) is 0 Å². The molecular formula is C14H17F4NO. The number of alkyl halides is 3. The van der Waals surface area contributed by atoms with Crippen molar-refractivity contribution in [2.75, 3.05) is 26.3 Å². The van der Waals surface area contributed by atoms with Crippen LogP contribution in [-0.4, -0.2) is 37.4 Å². The zero-order valence-corrected chi connectivity index (χ0v) is 11.2. The Balaban J connectivity index is 2.31. The molecule has 2 nitrogen and oxygen atoms in total. The minimum absolute atomic E-state index is 0.115. The Bertz CT molecular complexity index is 455. The van der Waals surface area contributed by atoms with E-state index in [0.29, 0.717) is 26.3 Å². The van der Waals surface area contributed by atoms with E-state index in [1.165, 1.54) is 12.1 Å². The van der Waals surface area contributed by atoms with E-state index >= 15 is 0 Å². The summed E-state index contributed by atoms with van der Waals surface area (Å²) in [6, 6.07) is 3.30. The molecule has 20 heavy (non-hydrogen) atoms. The minimum atomic E-state index is -4.33. The van der Waals surface area contributed by atoms with Crippen molar-refractivity contribution < 1.29 is 22.3 Å². The second kappa shape index (κ2) is 6.10. The summed E-state index contributed by atoms with van der Waals surface area (Å²) in [5.74, 6) is -0.587. The second-order valence-electron chi connectivity index (χ2n) is 5.01. The van der Waals surface area contributed by atoms with Crippen molar-refractivity contribution in [1.82, 2.24) is 4.90 Å². The van der Waals surface area contributed by atoms with Crippen LogP contribution in [0.1, 0.15) is 23.6 Å². The number of hydrogen-bond donors (Lipinski definition) is 0. The molecular weight excluding hydrogens is 274 g/mol. The molecule has 2 rings (SSSR count). The molecule has 1 aliphatic rings. The topological polar surface area (TPSA) is 12.5 Å². The largest absolute Gasteiger partial charge is 0.390 e. The average Bonchev–Trinajstić information content (AvgIpc) is 2.39. The number of ether oxygens (including phenoxy) is 1. The van der Waals surface area contributed by atoms with Gasteiger partial charge in [-0.1, -0.05) is 17.7 Å². The number of rotatable bonds is 3. The van der Waals surface area contributed by atoms with Gasteiger partial charge in [-0.05, 0) is 13.0 Å². The van der Waals surface area contributed by atoms with Gasteiger partial charge < -0.3 is 4.74 Å². The van der Waals surface area contributed by atoms with Gasteiger partial charge in [0.2, 0.25) is 0 Å². The molecule has 1 saturated heterocycles. The maximum absolute atomic E-state index is 13.9. The lowest BCUT2D eigenvalue weighted by Crippen LogP contribution is -2.41. The average molecular weight is 291 g/mol. The summed E-state index contributed by atoms with van der Waals surface area (Å²) in [5, 5.41) is 0. The van der Waals surface area contributed by atoms with Gasteiger partial charge in [-0.3, -0.25) is 4.90 Å². The molecule has 1 fully saturated rings. The summed E-state index contributed by atoms with van der Waals surface area (Å²) in [6.45, 7) is 3.26. The number of nitrogens with zero attached hydrogens (tertiary/aromatic N) is 1. The summed E-state index contributed by atoms with van der Waals surface area (Å²) < 4.78 is 57.5. The van der Waals surface area contributed by atoms with E-state index in [4.69, 9.17) is 4.74 Å². The lowest BCUT2D eigenvalue weighted by molar-refractivity contribution is -0.152. The summed E-state index contributed by atoms with van der Waals surface area (Å²) >= 11 is 0. The van der Waals surface area contributed by atoms with Gasteiger partial charge in [0.1, 0.15) is 5.82 Å². The fourth-order valence-corrected chi connectivity index (χ4v) is 2.46. The molecule has 0 amide bonds. The number of hydrogen-bond acceptors (Lipinski definition) is 2. The molecule has 1 heterocycles. The van der Waals surface area contributed by atoms with Gasteiger partial charge >= 0.3 is 6.18 Å². The van der Waals surface area contributed by atoms with Crippen LogP contribution in [0.15, 0.2) is 18.2 Å². The smallest absolute Gasteiger partial charge is 0.379 e. The van der Waals surface area contributed by atoms with Gasteiger partial charge in [0, 0.05) is 24.7 Å². The molecule has 1 aliphatic heterocycles. The fraction of sp³-hybridized carbons (Fsp3) is 0.571. The Labute approximate surface area is 115 Å². The van der Waals surface area contributed by atoms with E-state index in [1.807, 2.05) is 0 Å². The Morgan fingerprint density at radius 3 is 2.50 bits per heavy atom. The highest BCUT2D eigenvalue weighted by molar-refractivity contribution is 5.27. The fourth-order valence-electron chi connectivity index (χ4n) is 2.46. The predicted molar refractivity (Wildman–Crippen MR) is 66.9 cm³/mol. The molecule has 0 saturated carbocycles. The van der Waals surface area contributed by atoms with Crippen LogP contribution in [0.3, 0.4) is 0 Å². The van der Waals surface area contributed by atoms with Crippen LogP contribution in [0.2, 0.25) is 0 Å². The maximum atomic E-state index is 13.9. The van der Waals surface area contributed by atoms with E-state index < -0.39 is 24.5 Å². The Hall–Kier alpha value is -1.14. The van der Waals surface area contributed by atoms with Gasteiger partial charge in [0.15, 0.2) is 0 Å². The third kappa shape index (κ3) is 3.93. The third-order valence-corrected chi connectivity index (χ3v) is 3.42. The van der Waals surface area contributed by atoms with Crippen molar-refractivity contribution in [1.29, 1.82) is 0 Å². The van der Waals surface area contributed by atoms with E-state index in [-0.39, 0.29) is 5.56 Å². The molecule has 0 spiro atoms. The number of aryl methyl sites for hydroxylation is 1. The van der Waals surface area contributed by atoms with Crippen molar-refractivity contribution in [2.24, 2.45) is 0 Å². The highest BCUT2D eigenvalue weighted by Crippen LogP contribution is 2.35. The first-order valence-corrected chi connectivity index (χ1v) is 6.51. The zero-order valence-electron chi connectivity index (χ0n) is 11.2. The monoisotopic (exact) mass is 291 g/mol. The number of halogens is 4. The van der Waals surface area contributed by atoms with Crippen molar-refractivity contribution in [2.45, 2.75) is 25.6 Å². The third-order valence-electron chi connectivity index (χ3n) is 3.42. The molecule has 0 aliphatic carbocycles. The first-order chi connectivity index (χ1) is 9.37. The van der Waals surface area contributed by atoms with Gasteiger partial charge in [-0.2, -0.15) is 13.2 Å². The molecule has 0 radical (unpaired) electrons. The van der Waals surface area contributed by atoms with E-state index in [2.05, 4.69) is 0 Å². The molecule has 1 unspecified atom stereocenters. The molecule has 0 N–H and O–H groups in total. The standard InChI is InChI=1S/C14H17F4NO/c1-10-2-3-12(15)11(8-10)13(9-14(16,17)18)19-4-6-20-7-5-19/h2-3,8,13H,4-7,9H2,1H3. The molecule has 112 valence electrons. The number of benzene rings is 1. The van der Waals surface area contributed by atoms with Crippen LogP contribution in [0.25, 0.3) is 0 Å². The van der Waals surface area contributed by atoms with Crippen molar-refractivity contribution in [3.05, 3.63) is 35.1 Å². The molecule has 1 aromatic rings. The zero-order chi connectivity index (χ0) is 14.8. The van der Waals surface area contributed by atoms with Gasteiger partial charge in [-0.25, -0.2) is 4.39 Å². The van der Waals surface area contributed by atoms with Gasteiger partial charge in [0.05, 0.1) is 19.6 Å². The lowest BCUT2D eigenvalue weighted by atomic mass is 9.98. The Morgan fingerprint density at radius 1 is 1.25 bits per heavy atom. The number of morpholine rings is 1. The minimum Gasteiger partial charge on any atom is -0.379 e. The van der Waals surface area contributed by atoms with Crippen LogP contribution in [0.5, 0.6) is 0 Å². The predicted octanol–water partition coefficient (Wildman–Crippen LogP) is 3.46. The van der Waals surface area contributed by atoms with Gasteiger partial charge in [-0.15, -0.1) is 0 Å². The highest BCUT2D eigenvalue weighted by atomic mass is 19.4. The SMILES string of the molecule is Cc1ccc(F)c(C(CC(F)(F)F)N2CCOCC2)c1. The van der Waals surface area contributed by atoms with E-state index in [1.54, 1.807) is 17.9 Å². The first-order valence-electron chi connectivity index (χ1n) is 6.51. The highest BCUT2D eigenvalue weighted by Gasteiger charge is 2.37. The first kappa shape index (κ1) is 15.3. The molecule has 0 aromatic heterocycles. The Kier molecular flexibility index (Phi) is 4.65. The molecule has 1 atom stereocenters. The van der Waals surface area contributed by atoms with Crippen LogP contribution >= 0.6 is 0 Å². The summed E-state index contributed by atoms with van der Waals surface area (Å²) in [5.41, 5.74) is 0.867. The van der Waals surface area contributed by atoms with Crippen LogP contribution < -0.4 is 0 Å². The van der Waals surface area contributed by atoms with Crippen molar-refractivity contribution >= 4 is 0 Å². The van der Waals surface area contributed by atoms with Crippen LogP contribution in [0.4, 0.5) is 17.6 Å². The van der Waals surface area contributed by atoms with Crippen molar-refractivity contribution in [3.8, 4) is 0 Å². The normalized spacial score (nSPS) is 19.1. The molecule has 1 aromatic carbocycles. The summed E-state index contributed by atoms with van der Waals surface area (Å²) in [6.07, 6.45) is -5.38. The second-order valence-corrected chi connectivity index (χ2v) is 5.01. The van der Waals surface area contributed by atoms with Crippen molar-refractivity contribution in [3.63, 3.8) is 0 Å². The molecule has 0 bridgehead atoms. The summed E-state index contributed by atoms with van der Waals surface area (Å²) in [4.78, 5) is 1.65. The lowest BCUT2D eigenvalue weighted by Gasteiger charge is -2.35. The van der Waals surface area contributed by atoms with Crippen LogP contribution in [-0.2, 0) is 4.74 Å². The van der Waals surface area contributed by atoms with Crippen LogP contribution in [0, 0.1) is 12.7 Å². The summed E-state index contributed by atoms with van der Waals surface area (Å²) in [7, 11) is 0. The van der Waals surface area contributed by atoms with E-state index in [0.717, 1.165) is 5.56 Å². The quantitative estimate of drug-likeness (QED) is 0.791. The van der Waals surface area contributed by atoms with E-state index in [9.17, 15) is 17.6 Å².